The highest BCUT2D eigenvalue weighted by molar-refractivity contribution is 5.97. The summed E-state index contributed by atoms with van der Waals surface area (Å²) in [6, 6.07) is -11.5. The van der Waals surface area contributed by atoms with Gasteiger partial charge in [-0.1, -0.05) is 13.8 Å². The molecule has 8 amide bonds. The maximum Gasteiger partial charge on any atom is 0.326 e. The summed E-state index contributed by atoms with van der Waals surface area (Å²) >= 11 is 0. The Bertz CT molecular complexity index is 1750. The molecule has 0 rings (SSSR count). The molecule has 70 heavy (non-hydrogen) atoms. The number of aliphatic hydroxyl groups is 2. The molecular formula is C41H79N17O12. The van der Waals surface area contributed by atoms with Crippen molar-refractivity contribution in [1.29, 1.82) is 0 Å². The molecule has 0 saturated heterocycles. The summed E-state index contributed by atoms with van der Waals surface area (Å²) < 4.78 is 0. The molecule has 26 N–H and O–H groups in total. The Morgan fingerprint density at radius 3 is 1.20 bits per heavy atom. The molecule has 0 unspecified atom stereocenters. The number of primary amides is 1. The number of amides is 8. The molecule has 29 heteroatoms. The van der Waals surface area contributed by atoms with Crippen molar-refractivity contribution in [3.63, 3.8) is 0 Å². The number of nitrogens with two attached hydrogens (primary N) is 8. The van der Waals surface area contributed by atoms with Crippen LogP contribution in [0.25, 0.3) is 0 Å². The summed E-state index contributed by atoms with van der Waals surface area (Å²) in [6.07, 6.45) is 1.36. The van der Waals surface area contributed by atoms with Gasteiger partial charge in [0.1, 0.15) is 42.3 Å². The van der Waals surface area contributed by atoms with Crippen molar-refractivity contribution in [2.45, 2.75) is 146 Å². The molecule has 0 bridgehead atoms. The lowest BCUT2D eigenvalue weighted by Crippen LogP contribution is -2.61. The molecule has 0 aromatic rings. The SMILES string of the molecule is CC(C)C[C@H](NC(=O)[C@H](CO)NC(=O)[C@H](CCCCN)NC(=O)[C@H](CCCN=C(N)N)NC(=O)[C@@H](N)CCCN=C(N)N)C(=O)N[C@@H](CCC(N)=O)C(=O)N[C@@H](CO)C(=O)N[C@@H](CCCCN)C(=O)O. The van der Waals surface area contributed by atoms with Gasteiger partial charge in [0.2, 0.25) is 47.3 Å². The lowest BCUT2D eigenvalue weighted by molar-refractivity contribution is -0.142. The van der Waals surface area contributed by atoms with Gasteiger partial charge >= 0.3 is 5.97 Å². The number of nitrogens with one attached hydrogen (secondary N) is 7. The number of hydrogen-bond donors (Lipinski definition) is 18. The average Bonchev–Trinajstić information content (AvgIpc) is 3.29. The van der Waals surface area contributed by atoms with Crippen LogP contribution in [0.5, 0.6) is 0 Å². The molecule has 0 heterocycles. The number of nitrogens with zero attached hydrogens (tertiary/aromatic N) is 2. The van der Waals surface area contributed by atoms with E-state index in [-0.39, 0.29) is 82.5 Å². The summed E-state index contributed by atoms with van der Waals surface area (Å²) in [5.41, 5.74) is 44.0. The summed E-state index contributed by atoms with van der Waals surface area (Å²) in [7, 11) is 0. The molecule has 0 aliphatic rings. The van der Waals surface area contributed by atoms with Gasteiger partial charge in [0, 0.05) is 19.5 Å². The van der Waals surface area contributed by atoms with E-state index in [1.807, 2.05) is 0 Å². The van der Waals surface area contributed by atoms with Crippen molar-refractivity contribution in [2.75, 3.05) is 39.4 Å². The van der Waals surface area contributed by atoms with Crippen molar-refractivity contribution in [2.24, 2.45) is 61.8 Å². The molecule has 0 saturated carbocycles. The maximum atomic E-state index is 13.8. The fourth-order valence-electron chi connectivity index (χ4n) is 6.49. The zero-order valence-corrected chi connectivity index (χ0v) is 40.2. The van der Waals surface area contributed by atoms with Crippen LogP contribution >= 0.6 is 0 Å². The molecule has 0 radical (unpaired) electrons. The van der Waals surface area contributed by atoms with Crippen LogP contribution in [0.2, 0.25) is 0 Å². The number of unbranched alkanes of at least 4 members (excludes halogenated alkanes) is 2. The smallest absolute Gasteiger partial charge is 0.326 e. The number of aliphatic carboxylic acids is 1. The van der Waals surface area contributed by atoms with E-state index in [0.29, 0.717) is 32.1 Å². The van der Waals surface area contributed by atoms with Gasteiger partial charge in [-0.2, -0.15) is 0 Å². The number of guanidine groups is 2. The highest BCUT2D eigenvalue weighted by Crippen LogP contribution is 2.10. The van der Waals surface area contributed by atoms with Crippen molar-refractivity contribution in [1.82, 2.24) is 37.2 Å². The Morgan fingerprint density at radius 2 is 0.800 bits per heavy atom. The predicted octanol–water partition coefficient (Wildman–Crippen LogP) is -7.55. The largest absolute Gasteiger partial charge is 0.480 e. The molecule has 29 nitrogen and oxygen atoms in total. The van der Waals surface area contributed by atoms with E-state index in [4.69, 9.17) is 45.9 Å². The second kappa shape index (κ2) is 35.6. The van der Waals surface area contributed by atoms with E-state index in [2.05, 4.69) is 47.2 Å². The van der Waals surface area contributed by atoms with Gasteiger partial charge in [0.25, 0.3) is 0 Å². The van der Waals surface area contributed by atoms with Crippen molar-refractivity contribution < 1.29 is 58.5 Å². The Hall–Kier alpha value is -6.43. The van der Waals surface area contributed by atoms with Crippen LogP contribution in [0.4, 0.5) is 0 Å². The van der Waals surface area contributed by atoms with E-state index < -0.39 is 128 Å². The molecule has 0 aliphatic carbocycles. The topological polar surface area (TPSA) is 531 Å². The fraction of sp³-hybridized carbons (Fsp3) is 0.732. The number of aliphatic imine (C=N–C) groups is 2. The lowest BCUT2D eigenvalue weighted by Gasteiger charge is -2.28. The second-order valence-electron chi connectivity index (χ2n) is 16.8. The zero-order chi connectivity index (χ0) is 53.3. The number of hydrogen-bond acceptors (Lipinski definition) is 16. The first-order valence-corrected chi connectivity index (χ1v) is 23.1. The van der Waals surface area contributed by atoms with Crippen molar-refractivity contribution in [3.05, 3.63) is 0 Å². The Morgan fingerprint density at radius 1 is 0.457 bits per heavy atom. The van der Waals surface area contributed by atoms with Gasteiger partial charge in [-0.3, -0.25) is 48.3 Å². The van der Waals surface area contributed by atoms with Crippen LogP contribution in [-0.2, 0) is 43.2 Å². The van der Waals surface area contributed by atoms with Gasteiger partial charge in [0.05, 0.1) is 19.3 Å². The summed E-state index contributed by atoms with van der Waals surface area (Å²) in [5, 5.41) is 46.7. The monoisotopic (exact) mass is 1000 g/mol. The summed E-state index contributed by atoms with van der Waals surface area (Å²) in [4.78, 5) is 126. The third-order valence-corrected chi connectivity index (χ3v) is 10.3. The molecule has 0 aliphatic heterocycles. The molecule has 0 aromatic heterocycles. The fourth-order valence-corrected chi connectivity index (χ4v) is 6.49. The predicted molar refractivity (Wildman–Crippen MR) is 257 cm³/mol. The first-order valence-electron chi connectivity index (χ1n) is 23.1. The van der Waals surface area contributed by atoms with E-state index in [0.717, 1.165) is 0 Å². The first-order chi connectivity index (χ1) is 33.0. The number of carbonyl (C=O) groups excluding carboxylic acids is 8. The molecule has 400 valence electrons. The first kappa shape index (κ1) is 63.6. The minimum Gasteiger partial charge on any atom is -0.480 e. The number of carboxylic acid groups (broad SMARTS) is 1. The molecule has 0 spiro atoms. The third-order valence-electron chi connectivity index (χ3n) is 10.3. The van der Waals surface area contributed by atoms with Crippen LogP contribution in [-0.4, -0.2) is 168 Å². The van der Waals surface area contributed by atoms with Gasteiger partial charge < -0.3 is 98.4 Å². The summed E-state index contributed by atoms with van der Waals surface area (Å²) in [6.45, 7) is 2.23. The van der Waals surface area contributed by atoms with Crippen molar-refractivity contribution >= 4 is 65.1 Å². The molecule has 8 atom stereocenters. The Balaban J connectivity index is 6.37. The van der Waals surface area contributed by atoms with Crippen LogP contribution in [0.1, 0.15) is 97.3 Å². The zero-order valence-electron chi connectivity index (χ0n) is 40.2. The van der Waals surface area contributed by atoms with Crippen molar-refractivity contribution in [3.8, 4) is 0 Å². The van der Waals surface area contributed by atoms with Gasteiger partial charge in [0.15, 0.2) is 11.9 Å². The number of carbonyl (C=O) groups is 9. The van der Waals surface area contributed by atoms with Crippen LogP contribution < -0.4 is 83.1 Å². The van der Waals surface area contributed by atoms with Gasteiger partial charge in [-0.25, -0.2) is 4.79 Å². The minimum atomic E-state index is -1.71. The minimum absolute atomic E-state index is 0.00123. The van der Waals surface area contributed by atoms with Crippen LogP contribution in [0.15, 0.2) is 9.98 Å². The normalized spacial score (nSPS) is 14.4. The number of aliphatic hydroxyl groups excluding tert-OH is 2. The highest BCUT2D eigenvalue weighted by atomic mass is 16.4. The summed E-state index contributed by atoms with van der Waals surface area (Å²) in [5.74, 6) is -9.45. The van der Waals surface area contributed by atoms with E-state index in [1.54, 1.807) is 13.8 Å². The second-order valence-corrected chi connectivity index (χ2v) is 16.8. The number of carboxylic acids is 1. The maximum absolute atomic E-state index is 13.8. The quantitative estimate of drug-likeness (QED) is 0.0155. The lowest BCUT2D eigenvalue weighted by atomic mass is 10.0. The van der Waals surface area contributed by atoms with E-state index in [1.165, 1.54) is 0 Å². The van der Waals surface area contributed by atoms with Gasteiger partial charge in [-0.05, 0) is 96.1 Å². The van der Waals surface area contributed by atoms with Gasteiger partial charge in [-0.15, -0.1) is 0 Å². The van der Waals surface area contributed by atoms with E-state index >= 15 is 0 Å². The number of rotatable bonds is 38. The standard InChI is InChI=1S/C41H79N17O12/c1-22(2)19-28(36(66)54-26(13-14-31(45)61)35(65)58-29(20-59)37(67)55-27(39(69)70)11-4-6-16-43)56-38(68)30(21-60)57-34(64)24(10-3-5-15-42)53-33(63)25(12-8-18-51-41(48)49)52-32(62)23(44)9-7-17-50-40(46)47/h22-30,59-60H,3-21,42-44H2,1-2H3,(H2,45,61)(H,52,62)(H,53,63)(H,54,66)(H,55,67)(H,56,68)(H,57,64)(H,58,65)(H,69,70)(H4,46,47,50)(H4,48,49,51)/t23-,24-,25-,26-,27-,28-,29-,30-/m0/s1. The van der Waals surface area contributed by atoms with Crippen LogP contribution in [0, 0.1) is 5.92 Å². The third kappa shape index (κ3) is 27.5. The van der Waals surface area contributed by atoms with E-state index in [9.17, 15) is 58.5 Å². The average molecular weight is 1000 g/mol. The Kier molecular flexibility index (Phi) is 32.4. The Labute approximate surface area is 407 Å². The molecule has 0 aromatic carbocycles. The molecular weight excluding hydrogens is 923 g/mol. The highest BCUT2D eigenvalue weighted by Gasteiger charge is 2.34. The van der Waals surface area contributed by atoms with Crippen LogP contribution in [0.3, 0.4) is 0 Å². The molecule has 0 fully saturated rings.